The molecule has 0 saturated heterocycles. The second-order valence-corrected chi connectivity index (χ2v) is 9.25. The minimum absolute atomic E-state index is 0.194. The number of hydrogen-bond donors (Lipinski definition) is 1. The number of carbonyl (C=O) groups excluding carboxylic acids is 1. The first-order chi connectivity index (χ1) is 18.5. The van der Waals surface area contributed by atoms with Gasteiger partial charge in [0.1, 0.15) is 11.8 Å². The zero-order valence-electron chi connectivity index (χ0n) is 21.0. The summed E-state index contributed by atoms with van der Waals surface area (Å²) in [7, 11) is 0. The van der Waals surface area contributed by atoms with E-state index in [4.69, 9.17) is 20.2 Å². The van der Waals surface area contributed by atoms with Crippen LogP contribution in [0.3, 0.4) is 0 Å². The molecule has 0 fully saturated rings. The number of benzene rings is 2. The van der Waals surface area contributed by atoms with Gasteiger partial charge in [-0.1, -0.05) is 53.7 Å². The van der Waals surface area contributed by atoms with Crippen LogP contribution in [0.15, 0.2) is 102 Å². The summed E-state index contributed by atoms with van der Waals surface area (Å²) in [6.45, 7) is 3.84. The van der Waals surface area contributed by atoms with E-state index in [9.17, 15) is 4.79 Å². The van der Waals surface area contributed by atoms with Crippen molar-refractivity contribution in [1.82, 2.24) is 19.7 Å². The third kappa shape index (κ3) is 4.04. The highest BCUT2D eigenvalue weighted by Crippen LogP contribution is 2.38. The van der Waals surface area contributed by atoms with Crippen molar-refractivity contribution in [3.63, 3.8) is 0 Å². The minimum Gasteiger partial charge on any atom is -0.366 e. The van der Waals surface area contributed by atoms with Gasteiger partial charge in [0, 0.05) is 40.8 Å². The average molecular weight is 500 g/mol. The van der Waals surface area contributed by atoms with Gasteiger partial charge in [-0.3, -0.25) is 14.8 Å². The number of rotatable bonds is 6. The minimum atomic E-state index is -0.458. The van der Waals surface area contributed by atoms with Crippen LogP contribution in [0.1, 0.15) is 39.1 Å². The second-order valence-electron chi connectivity index (χ2n) is 9.25. The summed E-state index contributed by atoms with van der Waals surface area (Å²) < 4.78 is 7.67. The lowest BCUT2D eigenvalue weighted by Crippen LogP contribution is -2.13. The Morgan fingerprint density at radius 1 is 0.921 bits per heavy atom. The van der Waals surface area contributed by atoms with Crippen molar-refractivity contribution in [2.45, 2.75) is 19.9 Å². The summed E-state index contributed by atoms with van der Waals surface area (Å²) in [5.41, 5.74) is 14.3. The van der Waals surface area contributed by atoms with Gasteiger partial charge in [-0.05, 0) is 55.3 Å². The molecule has 4 heterocycles. The van der Waals surface area contributed by atoms with Crippen molar-refractivity contribution in [3.05, 3.63) is 126 Å². The van der Waals surface area contributed by atoms with Crippen LogP contribution in [0.2, 0.25) is 0 Å². The maximum Gasteiger partial charge on any atom is 0.248 e. The molecule has 0 aliphatic heterocycles. The fraction of sp³-hybridized carbons (Fsp3) is 0.0968. The van der Waals surface area contributed by atoms with Crippen LogP contribution in [0, 0.1) is 13.8 Å². The lowest BCUT2D eigenvalue weighted by atomic mass is 10.0. The summed E-state index contributed by atoms with van der Waals surface area (Å²) in [5.74, 6) is 0.286. The van der Waals surface area contributed by atoms with Crippen LogP contribution < -0.4 is 5.73 Å². The average Bonchev–Trinajstić information content (AvgIpc) is 3.49. The molecule has 6 rings (SSSR count). The third-order valence-corrected chi connectivity index (χ3v) is 6.83. The van der Waals surface area contributed by atoms with Crippen molar-refractivity contribution in [1.29, 1.82) is 0 Å². The number of aromatic nitrogens is 4. The number of primary amides is 1. The number of hydrogen-bond acceptors (Lipinski definition) is 5. The Labute approximate surface area is 219 Å². The molecule has 4 aromatic heterocycles. The molecule has 0 saturated carbocycles. The number of pyridine rings is 2. The Kier molecular flexibility index (Phi) is 5.81. The molecule has 1 amide bonds. The monoisotopic (exact) mass is 499 g/mol. The van der Waals surface area contributed by atoms with Gasteiger partial charge in [-0.15, -0.1) is 0 Å². The number of aryl methyl sites for hydroxylation is 2. The molecule has 0 radical (unpaired) electrons. The van der Waals surface area contributed by atoms with Crippen LogP contribution >= 0.6 is 0 Å². The van der Waals surface area contributed by atoms with Crippen LogP contribution in [-0.4, -0.2) is 25.6 Å². The molecule has 0 unspecified atom stereocenters. The topological polar surface area (TPSA) is 99.8 Å². The van der Waals surface area contributed by atoms with E-state index in [-0.39, 0.29) is 6.04 Å². The molecule has 2 N–H and O–H groups in total. The van der Waals surface area contributed by atoms with Gasteiger partial charge in [0.25, 0.3) is 0 Å². The summed E-state index contributed by atoms with van der Waals surface area (Å²) in [4.78, 5) is 21.3. The van der Waals surface area contributed by atoms with Crippen molar-refractivity contribution < 1.29 is 9.32 Å². The highest BCUT2D eigenvalue weighted by atomic mass is 16.5. The van der Waals surface area contributed by atoms with E-state index in [1.807, 2.05) is 74.8 Å². The van der Waals surface area contributed by atoms with Crippen LogP contribution in [0.5, 0.6) is 0 Å². The first-order valence-electron chi connectivity index (χ1n) is 12.3. The molecule has 186 valence electrons. The zero-order chi connectivity index (χ0) is 26.2. The maximum atomic E-state index is 11.7. The second kappa shape index (κ2) is 9.44. The van der Waals surface area contributed by atoms with E-state index in [2.05, 4.69) is 34.1 Å². The molecule has 6 aromatic rings. The van der Waals surface area contributed by atoms with Gasteiger partial charge >= 0.3 is 0 Å². The smallest absolute Gasteiger partial charge is 0.248 e. The van der Waals surface area contributed by atoms with Gasteiger partial charge < -0.3 is 14.8 Å². The highest BCUT2D eigenvalue weighted by Gasteiger charge is 2.24. The largest absolute Gasteiger partial charge is 0.366 e. The van der Waals surface area contributed by atoms with Gasteiger partial charge in [0.15, 0.2) is 0 Å². The van der Waals surface area contributed by atoms with Crippen LogP contribution in [0.4, 0.5) is 0 Å². The molecular formula is C31H25N5O2. The molecule has 0 aliphatic carbocycles. The highest BCUT2D eigenvalue weighted by molar-refractivity contribution is 5.97. The summed E-state index contributed by atoms with van der Waals surface area (Å²) >= 11 is 0. The summed E-state index contributed by atoms with van der Waals surface area (Å²) in [6.07, 6.45) is 5.78. The quantitative estimate of drug-likeness (QED) is 0.298. The van der Waals surface area contributed by atoms with Crippen LogP contribution in [-0.2, 0) is 0 Å². The predicted molar refractivity (Wildman–Crippen MR) is 147 cm³/mol. The van der Waals surface area contributed by atoms with E-state index < -0.39 is 5.91 Å². The Morgan fingerprint density at radius 3 is 2.34 bits per heavy atom. The third-order valence-electron chi connectivity index (χ3n) is 6.83. The molecular weight excluding hydrogens is 474 g/mol. The van der Waals surface area contributed by atoms with E-state index in [1.165, 1.54) is 0 Å². The van der Waals surface area contributed by atoms with E-state index >= 15 is 0 Å². The molecule has 0 bridgehead atoms. The standard InChI is InChI=1S/C31H25N5O2/c1-19-28(20(2)38-35-19)24-16-27-29(34-17-24)25(21-11-13-23(14-12-21)31(32)37)18-36(27)30(22-8-4-3-5-9-22)26-10-6-7-15-33-26/h3-18,30H,1-2H3,(H2,32,37)/t30-/m0/s1. The van der Waals surface area contributed by atoms with Crippen LogP contribution in [0.25, 0.3) is 33.3 Å². The predicted octanol–water partition coefficient (Wildman–Crippen LogP) is 6.11. The zero-order valence-corrected chi connectivity index (χ0v) is 21.0. The molecule has 1 atom stereocenters. The Hall–Kier alpha value is -5.04. The molecule has 0 aliphatic rings. The van der Waals surface area contributed by atoms with Gasteiger partial charge in [-0.25, -0.2) is 0 Å². The van der Waals surface area contributed by atoms with E-state index in [0.29, 0.717) is 5.56 Å². The lowest BCUT2D eigenvalue weighted by molar-refractivity contribution is 0.100. The molecule has 38 heavy (non-hydrogen) atoms. The molecule has 7 heteroatoms. The first kappa shape index (κ1) is 23.4. The number of nitrogens with two attached hydrogens (primary N) is 1. The van der Waals surface area contributed by atoms with Crippen molar-refractivity contribution in [2.75, 3.05) is 0 Å². The van der Waals surface area contributed by atoms with Gasteiger partial charge in [0.05, 0.1) is 22.4 Å². The number of carbonyl (C=O) groups is 1. The fourth-order valence-corrected chi connectivity index (χ4v) is 5.04. The van der Waals surface area contributed by atoms with Gasteiger partial charge in [-0.2, -0.15) is 0 Å². The summed E-state index contributed by atoms with van der Waals surface area (Å²) in [5, 5.41) is 4.14. The van der Waals surface area contributed by atoms with Crippen molar-refractivity contribution >= 4 is 16.9 Å². The van der Waals surface area contributed by atoms with E-state index in [1.54, 1.807) is 12.1 Å². The molecule has 2 aromatic carbocycles. The molecule has 0 spiro atoms. The van der Waals surface area contributed by atoms with Crippen molar-refractivity contribution in [3.8, 4) is 22.3 Å². The number of fused-ring (bicyclic) bond motifs is 1. The fourth-order valence-electron chi connectivity index (χ4n) is 5.04. The normalized spacial score (nSPS) is 12.1. The van der Waals surface area contributed by atoms with Crippen molar-refractivity contribution in [2.24, 2.45) is 5.73 Å². The number of amides is 1. The molecule has 7 nitrogen and oxygen atoms in total. The first-order valence-corrected chi connectivity index (χ1v) is 12.3. The maximum absolute atomic E-state index is 11.7. The Bertz CT molecular complexity index is 1690. The lowest BCUT2D eigenvalue weighted by Gasteiger charge is -2.20. The number of nitrogens with zero attached hydrogens (tertiary/aromatic N) is 4. The summed E-state index contributed by atoms with van der Waals surface area (Å²) in [6, 6.07) is 25.5. The SMILES string of the molecule is Cc1noc(C)c1-c1cnc2c(-c3ccc(C(N)=O)cc3)cn([C@@H](c3ccccc3)c3ccccn3)c2c1. The van der Waals surface area contributed by atoms with E-state index in [0.717, 1.165) is 56.0 Å². The Morgan fingerprint density at radius 2 is 1.68 bits per heavy atom. The Balaban J connectivity index is 1.63. The van der Waals surface area contributed by atoms with Gasteiger partial charge in [0.2, 0.25) is 5.91 Å².